The molecule has 0 radical (unpaired) electrons. The maximum atomic E-state index is 12.0. The number of benzene rings is 4. The molecule has 4 N–H and O–H groups in total. The molecule has 284 valence electrons. The van der Waals surface area contributed by atoms with Gasteiger partial charge in [0.25, 0.3) is 0 Å². The number of ether oxygens (including phenoxy) is 1. The van der Waals surface area contributed by atoms with E-state index in [1.165, 1.54) is 55.4 Å². The van der Waals surface area contributed by atoms with Crippen LogP contribution in [0.2, 0.25) is 0 Å². The van der Waals surface area contributed by atoms with E-state index in [1.807, 2.05) is 37.3 Å². The minimum atomic E-state index is -1.38. The van der Waals surface area contributed by atoms with Gasteiger partial charge < -0.3 is 25.2 Å². The van der Waals surface area contributed by atoms with Crippen LogP contribution in [0.3, 0.4) is 0 Å². The molecular formula is C44H54O9. The van der Waals surface area contributed by atoms with Crippen molar-refractivity contribution in [1.82, 2.24) is 0 Å². The van der Waals surface area contributed by atoms with Gasteiger partial charge in [-0.3, -0.25) is 19.2 Å². The van der Waals surface area contributed by atoms with Gasteiger partial charge in [0.1, 0.15) is 28.2 Å². The Bertz CT molecular complexity index is 1710. The summed E-state index contributed by atoms with van der Waals surface area (Å²) in [6, 6.07) is 29.9. The summed E-state index contributed by atoms with van der Waals surface area (Å²) in [5, 5.41) is 38.5. The van der Waals surface area contributed by atoms with E-state index in [1.54, 1.807) is 72.8 Å². The summed E-state index contributed by atoms with van der Waals surface area (Å²) >= 11 is 0. The molecule has 0 saturated heterocycles. The lowest BCUT2D eigenvalue weighted by Crippen LogP contribution is -2.31. The Morgan fingerprint density at radius 1 is 0.453 bits per heavy atom. The molecule has 4 aromatic carbocycles. The highest BCUT2D eigenvalue weighted by molar-refractivity contribution is 6.03. The Morgan fingerprint density at radius 3 is 1.02 bits per heavy atom. The lowest BCUT2D eigenvalue weighted by molar-refractivity contribution is 0.0487. The van der Waals surface area contributed by atoms with E-state index in [-0.39, 0.29) is 23.1 Å². The van der Waals surface area contributed by atoms with E-state index < -0.39 is 22.4 Å². The molecule has 0 heterocycles. The van der Waals surface area contributed by atoms with Crippen molar-refractivity contribution >= 4 is 23.1 Å². The number of ketones is 4. The smallest absolute Gasteiger partial charge is 0.193 e. The number of carbonyl (C=O) groups is 4. The Labute approximate surface area is 313 Å². The first-order valence-corrected chi connectivity index (χ1v) is 17.5. The van der Waals surface area contributed by atoms with Crippen molar-refractivity contribution in [2.45, 2.75) is 97.6 Å². The third kappa shape index (κ3) is 14.6. The Morgan fingerprint density at radius 2 is 0.736 bits per heavy atom. The fraction of sp³-hybridized carbons (Fsp3) is 0.364. The molecule has 9 nitrogen and oxygen atoms in total. The van der Waals surface area contributed by atoms with Crippen molar-refractivity contribution < 1.29 is 44.3 Å². The molecule has 0 saturated carbocycles. The van der Waals surface area contributed by atoms with Crippen molar-refractivity contribution in [3.05, 3.63) is 137 Å². The number of rotatable bonds is 13. The van der Waals surface area contributed by atoms with E-state index in [9.17, 15) is 39.6 Å². The second-order valence-electron chi connectivity index (χ2n) is 14.9. The highest BCUT2D eigenvalue weighted by Crippen LogP contribution is 2.19. The normalized spacial score (nSPS) is 11.6. The van der Waals surface area contributed by atoms with Crippen LogP contribution in [0.1, 0.15) is 121 Å². The van der Waals surface area contributed by atoms with Crippen molar-refractivity contribution in [1.29, 1.82) is 0 Å². The summed E-state index contributed by atoms with van der Waals surface area (Å²) in [4.78, 5) is 47.1. The van der Waals surface area contributed by atoms with Crippen LogP contribution in [-0.4, -0.2) is 72.6 Å². The number of aliphatic hydroxyl groups is 4. The average molecular weight is 727 g/mol. The minimum Gasteiger partial charge on any atom is -0.494 e. The van der Waals surface area contributed by atoms with Gasteiger partial charge in [-0.15, -0.1) is 0 Å². The van der Waals surface area contributed by atoms with Gasteiger partial charge in [0.2, 0.25) is 0 Å². The summed E-state index contributed by atoms with van der Waals surface area (Å²) in [7, 11) is 0. The Kier molecular flexibility index (Phi) is 15.7. The zero-order valence-electron chi connectivity index (χ0n) is 32.3. The van der Waals surface area contributed by atoms with Crippen molar-refractivity contribution in [3.63, 3.8) is 0 Å². The third-order valence-electron chi connectivity index (χ3n) is 7.69. The topological polar surface area (TPSA) is 158 Å². The average Bonchev–Trinajstić information content (AvgIpc) is 3.10. The highest BCUT2D eigenvalue weighted by Gasteiger charge is 2.27. The van der Waals surface area contributed by atoms with Gasteiger partial charge in [-0.05, 0) is 104 Å². The molecule has 0 amide bonds. The lowest BCUT2D eigenvalue weighted by Gasteiger charge is -2.16. The second-order valence-corrected chi connectivity index (χ2v) is 14.9. The first-order valence-electron chi connectivity index (χ1n) is 17.5. The zero-order chi connectivity index (χ0) is 40.2. The largest absolute Gasteiger partial charge is 0.494 e. The van der Waals surface area contributed by atoms with E-state index in [0.29, 0.717) is 35.3 Å². The highest BCUT2D eigenvalue weighted by atomic mass is 16.5. The van der Waals surface area contributed by atoms with Crippen LogP contribution in [0.5, 0.6) is 5.75 Å². The molecule has 0 fully saturated rings. The standard InChI is InChI=1S/C21H24O4.C13H18O3.C10H12O2/c1-20(2,24)18(22)16-9-5-14(6-10-16)13-15-7-11-17(12-8-15)19(23)21(3,4)25;1-4-9-16-11-7-5-10(6-8-11)12(14)13(2,3)15;1-10(2,12)9(11)8-6-4-3-5-7-8/h5-12,24-25H,13H2,1-4H3;5-8,15H,4,9H2,1-3H3;3-7,12H,1-2H3. The van der Waals surface area contributed by atoms with E-state index >= 15 is 0 Å². The van der Waals surface area contributed by atoms with Crippen LogP contribution in [-0.2, 0) is 6.42 Å². The Balaban J connectivity index is 0.000000298. The van der Waals surface area contributed by atoms with Crippen LogP contribution >= 0.6 is 0 Å². The van der Waals surface area contributed by atoms with E-state index in [0.717, 1.165) is 23.3 Å². The van der Waals surface area contributed by atoms with Crippen molar-refractivity contribution in [2.24, 2.45) is 0 Å². The molecule has 0 aliphatic carbocycles. The summed E-state index contributed by atoms with van der Waals surface area (Å²) < 4.78 is 5.40. The van der Waals surface area contributed by atoms with Crippen LogP contribution in [0, 0.1) is 0 Å². The van der Waals surface area contributed by atoms with Crippen molar-refractivity contribution in [3.8, 4) is 5.75 Å². The fourth-order valence-electron chi connectivity index (χ4n) is 4.71. The number of hydrogen-bond acceptors (Lipinski definition) is 9. The molecule has 53 heavy (non-hydrogen) atoms. The van der Waals surface area contributed by atoms with E-state index in [2.05, 4.69) is 0 Å². The summed E-state index contributed by atoms with van der Waals surface area (Å²) in [6.45, 7) is 14.5. The SMILES string of the molecule is CC(C)(O)C(=O)c1ccc(Cc2ccc(C(=O)C(C)(C)O)cc2)cc1.CC(C)(O)C(=O)c1ccccc1.CCCOc1ccc(C(=O)C(C)(C)O)cc1. The molecule has 0 aromatic heterocycles. The van der Waals surface area contributed by atoms with Gasteiger partial charge in [-0.25, -0.2) is 0 Å². The van der Waals surface area contributed by atoms with Crippen LogP contribution in [0.25, 0.3) is 0 Å². The zero-order valence-corrected chi connectivity index (χ0v) is 32.3. The molecule has 4 rings (SSSR count). The quantitative estimate of drug-likeness (QED) is 0.104. The maximum Gasteiger partial charge on any atom is 0.193 e. The van der Waals surface area contributed by atoms with Gasteiger partial charge in [0.05, 0.1) is 6.61 Å². The van der Waals surface area contributed by atoms with Crippen molar-refractivity contribution in [2.75, 3.05) is 6.61 Å². The number of hydrogen-bond donors (Lipinski definition) is 4. The first-order chi connectivity index (χ1) is 24.4. The molecule has 0 spiro atoms. The fourth-order valence-corrected chi connectivity index (χ4v) is 4.71. The molecular weight excluding hydrogens is 672 g/mol. The van der Waals surface area contributed by atoms with Gasteiger partial charge in [-0.2, -0.15) is 0 Å². The second kappa shape index (κ2) is 18.8. The third-order valence-corrected chi connectivity index (χ3v) is 7.69. The van der Waals surface area contributed by atoms with Crippen LogP contribution in [0.4, 0.5) is 0 Å². The summed E-state index contributed by atoms with van der Waals surface area (Å²) in [6.07, 6.45) is 1.61. The minimum absolute atomic E-state index is 0.247. The van der Waals surface area contributed by atoms with Crippen LogP contribution in [0.15, 0.2) is 103 Å². The Hall–Kier alpha value is -4.80. The summed E-state index contributed by atoms with van der Waals surface area (Å²) in [5.41, 5.74) is -1.34. The number of Topliss-reactive ketones (excluding diaryl/α,β-unsaturated/α-hetero) is 4. The van der Waals surface area contributed by atoms with E-state index in [4.69, 9.17) is 4.74 Å². The molecule has 0 aliphatic rings. The summed E-state index contributed by atoms with van der Waals surface area (Å²) in [5.74, 6) is -0.408. The molecule has 9 heteroatoms. The molecule has 0 aliphatic heterocycles. The molecule has 0 bridgehead atoms. The van der Waals surface area contributed by atoms with Gasteiger partial charge >= 0.3 is 0 Å². The monoisotopic (exact) mass is 726 g/mol. The van der Waals surface area contributed by atoms with Crippen LogP contribution < -0.4 is 4.74 Å². The molecule has 4 aromatic rings. The predicted octanol–water partition coefficient (Wildman–Crippen LogP) is 7.25. The maximum absolute atomic E-state index is 12.0. The first kappa shape index (κ1) is 44.4. The lowest BCUT2D eigenvalue weighted by atomic mass is 9.94. The van der Waals surface area contributed by atoms with Gasteiger partial charge in [-0.1, -0.05) is 85.8 Å². The van der Waals surface area contributed by atoms with Gasteiger partial charge in [0.15, 0.2) is 23.1 Å². The predicted molar refractivity (Wildman–Crippen MR) is 207 cm³/mol. The molecule has 0 atom stereocenters. The number of carbonyl (C=O) groups excluding carboxylic acids is 4. The molecule has 0 unspecified atom stereocenters. The van der Waals surface area contributed by atoms with Gasteiger partial charge in [0, 0.05) is 22.3 Å².